The van der Waals surface area contributed by atoms with E-state index in [1.807, 2.05) is 29.2 Å². The lowest BCUT2D eigenvalue weighted by Gasteiger charge is -2.33. The lowest BCUT2D eigenvalue weighted by Crippen LogP contribution is -2.43. The molecule has 142 valence electrons. The zero-order chi connectivity index (χ0) is 18.6. The molecule has 0 unspecified atom stereocenters. The molecular weight excluding hydrogens is 360 g/mol. The number of aromatic nitrogens is 2. The molecule has 0 N–H and O–H groups in total. The smallest absolute Gasteiger partial charge is 0.236 e. The summed E-state index contributed by atoms with van der Waals surface area (Å²) in [4.78, 5) is 26.1. The molecule has 2 fully saturated rings. The van der Waals surface area contributed by atoms with E-state index < -0.39 is 0 Å². The van der Waals surface area contributed by atoms with Gasteiger partial charge in [0, 0.05) is 48.5 Å². The molecule has 0 radical (unpaired) electrons. The van der Waals surface area contributed by atoms with Crippen molar-refractivity contribution in [3.05, 3.63) is 47.4 Å². The van der Waals surface area contributed by atoms with Crippen LogP contribution in [0.25, 0.3) is 11.3 Å². The van der Waals surface area contributed by atoms with Crippen LogP contribution >= 0.6 is 11.6 Å². The second-order valence-corrected chi connectivity index (χ2v) is 7.90. The first-order valence-electron chi connectivity index (χ1n) is 9.77. The summed E-state index contributed by atoms with van der Waals surface area (Å²) in [5, 5.41) is 0.700. The Morgan fingerprint density at radius 2 is 1.93 bits per heavy atom. The maximum Gasteiger partial charge on any atom is 0.236 e. The second-order valence-electron chi connectivity index (χ2n) is 7.46. The third-order valence-corrected chi connectivity index (χ3v) is 5.77. The van der Waals surface area contributed by atoms with Crippen molar-refractivity contribution in [2.24, 2.45) is 0 Å². The Kier molecular flexibility index (Phi) is 5.69. The SMILES string of the molecule is O=C(CN1CCC[C@H](c2nccnc2-c2cccc(Cl)c2)C1)N1CCCC1. The van der Waals surface area contributed by atoms with Crippen LogP contribution in [0.15, 0.2) is 36.7 Å². The molecule has 27 heavy (non-hydrogen) atoms. The Bertz CT molecular complexity index is 806. The minimum absolute atomic E-state index is 0.266. The van der Waals surface area contributed by atoms with Gasteiger partial charge in [0.15, 0.2) is 0 Å². The highest BCUT2D eigenvalue weighted by Gasteiger charge is 2.28. The zero-order valence-corrected chi connectivity index (χ0v) is 16.2. The number of carbonyl (C=O) groups is 1. The fourth-order valence-corrected chi connectivity index (χ4v) is 4.38. The predicted octanol–water partition coefficient (Wildman–Crippen LogP) is 3.60. The van der Waals surface area contributed by atoms with Crippen molar-refractivity contribution in [1.29, 1.82) is 0 Å². The Morgan fingerprint density at radius 3 is 2.74 bits per heavy atom. The number of benzene rings is 1. The molecule has 3 heterocycles. The molecule has 4 rings (SSSR count). The van der Waals surface area contributed by atoms with Gasteiger partial charge >= 0.3 is 0 Å². The van der Waals surface area contributed by atoms with Gasteiger partial charge in [0.25, 0.3) is 0 Å². The lowest BCUT2D eigenvalue weighted by atomic mass is 9.91. The summed E-state index contributed by atoms with van der Waals surface area (Å²) in [5.41, 5.74) is 2.91. The van der Waals surface area contributed by atoms with E-state index in [9.17, 15) is 4.79 Å². The van der Waals surface area contributed by atoms with Crippen LogP contribution in [0.5, 0.6) is 0 Å². The molecule has 0 aliphatic carbocycles. The number of amides is 1. The van der Waals surface area contributed by atoms with E-state index in [1.54, 1.807) is 12.4 Å². The Labute approximate surface area is 165 Å². The number of hydrogen-bond donors (Lipinski definition) is 0. The first-order chi connectivity index (χ1) is 13.2. The quantitative estimate of drug-likeness (QED) is 0.808. The van der Waals surface area contributed by atoms with Crippen molar-refractivity contribution in [2.45, 2.75) is 31.6 Å². The van der Waals surface area contributed by atoms with Gasteiger partial charge in [-0.3, -0.25) is 19.7 Å². The largest absolute Gasteiger partial charge is 0.342 e. The summed E-state index contributed by atoms with van der Waals surface area (Å²) >= 11 is 6.18. The number of rotatable bonds is 4. The van der Waals surface area contributed by atoms with Gasteiger partial charge in [-0.25, -0.2) is 0 Å². The van der Waals surface area contributed by atoms with E-state index in [-0.39, 0.29) is 11.8 Å². The van der Waals surface area contributed by atoms with E-state index in [0.717, 1.165) is 68.8 Å². The number of halogens is 1. The van der Waals surface area contributed by atoms with Crippen molar-refractivity contribution in [1.82, 2.24) is 19.8 Å². The van der Waals surface area contributed by atoms with E-state index in [4.69, 9.17) is 11.6 Å². The summed E-state index contributed by atoms with van der Waals surface area (Å²) in [6.45, 7) is 4.18. The molecule has 2 aliphatic rings. The zero-order valence-electron chi connectivity index (χ0n) is 15.5. The van der Waals surface area contributed by atoms with Crippen molar-refractivity contribution >= 4 is 17.5 Å². The molecule has 1 amide bonds. The van der Waals surface area contributed by atoms with Gasteiger partial charge in [0.1, 0.15) is 0 Å². The average Bonchev–Trinajstić information content (AvgIpc) is 3.23. The Morgan fingerprint density at radius 1 is 1.11 bits per heavy atom. The van der Waals surface area contributed by atoms with Crippen molar-refractivity contribution in [3.8, 4) is 11.3 Å². The highest BCUT2D eigenvalue weighted by Crippen LogP contribution is 2.32. The lowest BCUT2D eigenvalue weighted by molar-refractivity contribution is -0.131. The average molecular weight is 385 g/mol. The van der Waals surface area contributed by atoms with Gasteiger partial charge in [-0.1, -0.05) is 23.7 Å². The first-order valence-corrected chi connectivity index (χ1v) is 10.2. The molecule has 1 aromatic heterocycles. The van der Waals surface area contributed by atoms with Crippen LogP contribution in [0.1, 0.15) is 37.3 Å². The summed E-state index contributed by atoms with van der Waals surface area (Å²) in [6, 6.07) is 7.77. The third-order valence-electron chi connectivity index (χ3n) is 5.53. The number of carbonyl (C=O) groups excluding carboxylic acids is 1. The predicted molar refractivity (Wildman–Crippen MR) is 107 cm³/mol. The molecule has 1 aromatic carbocycles. The van der Waals surface area contributed by atoms with Gasteiger partial charge in [-0.15, -0.1) is 0 Å². The van der Waals surface area contributed by atoms with Gasteiger partial charge in [0.05, 0.1) is 17.9 Å². The van der Waals surface area contributed by atoms with Crippen LogP contribution < -0.4 is 0 Å². The van der Waals surface area contributed by atoms with E-state index in [2.05, 4.69) is 14.9 Å². The second kappa shape index (κ2) is 8.36. The molecule has 1 atom stereocenters. The molecule has 2 aliphatic heterocycles. The molecule has 6 heteroatoms. The monoisotopic (exact) mass is 384 g/mol. The minimum atomic E-state index is 0.266. The van der Waals surface area contributed by atoms with Gasteiger partial charge in [-0.2, -0.15) is 0 Å². The topological polar surface area (TPSA) is 49.3 Å². The third kappa shape index (κ3) is 4.30. The van der Waals surface area contributed by atoms with E-state index >= 15 is 0 Å². The van der Waals surface area contributed by atoms with E-state index in [0.29, 0.717) is 11.6 Å². The molecule has 0 spiro atoms. The van der Waals surface area contributed by atoms with Crippen LogP contribution in [-0.2, 0) is 4.79 Å². The van der Waals surface area contributed by atoms with Crippen LogP contribution in [0, 0.1) is 0 Å². The highest BCUT2D eigenvalue weighted by atomic mass is 35.5. The van der Waals surface area contributed by atoms with Gasteiger partial charge in [0.2, 0.25) is 5.91 Å². The van der Waals surface area contributed by atoms with Crippen LogP contribution in [0.3, 0.4) is 0 Å². The molecule has 5 nitrogen and oxygen atoms in total. The maximum atomic E-state index is 12.5. The molecular formula is C21H25ClN4O. The van der Waals surface area contributed by atoms with Crippen LogP contribution in [-0.4, -0.2) is 58.4 Å². The number of hydrogen-bond acceptors (Lipinski definition) is 4. The Hall–Kier alpha value is -1.98. The summed E-state index contributed by atoms with van der Waals surface area (Å²) < 4.78 is 0. The van der Waals surface area contributed by atoms with Crippen molar-refractivity contribution in [2.75, 3.05) is 32.7 Å². The molecule has 2 saturated heterocycles. The van der Waals surface area contributed by atoms with Crippen LogP contribution in [0.4, 0.5) is 0 Å². The summed E-state index contributed by atoms with van der Waals surface area (Å²) in [6.07, 6.45) is 7.91. The van der Waals surface area contributed by atoms with Gasteiger partial charge < -0.3 is 4.90 Å². The minimum Gasteiger partial charge on any atom is -0.342 e. The van der Waals surface area contributed by atoms with Crippen LogP contribution in [0.2, 0.25) is 5.02 Å². The molecule has 2 aromatic rings. The molecule has 0 saturated carbocycles. The summed E-state index contributed by atoms with van der Waals surface area (Å²) in [7, 11) is 0. The first kappa shape index (κ1) is 18.4. The molecule has 0 bridgehead atoms. The maximum absolute atomic E-state index is 12.5. The van der Waals surface area contributed by atoms with E-state index in [1.165, 1.54) is 0 Å². The Balaban J connectivity index is 1.51. The fraction of sp³-hybridized carbons (Fsp3) is 0.476. The number of likely N-dealkylation sites (tertiary alicyclic amines) is 2. The normalized spacial score (nSPS) is 20.8. The number of nitrogens with zero attached hydrogens (tertiary/aromatic N) is 4. The summed E-state index contributed by atoms with van der Waals surface area (Å²) in [5.74, 6) is 0.551. The van der Waals surface area contributed by atoms with Crippen molar-refractivity contribution < 1.29 is 4.79 Å². The van der Waals surface area contributed by atoms with Gasteiger partial charge in [-0.05, 0) is 44.4 Å². The standard InChI is InChI=1S/C21H25ClN4O/c22-18-7-3-5-16(13-18)20-21(24-9-8-23-20)17-6-4-10-25(14-17)15-19(27)26-11-1-2-12-26/h3,5,7-9,13,17H,1-2,4,6,10-12,14-15H2/t17-/m0/s1. The number of piperidine rings is 1. The highest BCUT2D eigenvalue weighted by molar-refractivity contribution is 6.30. The fourth-order valence-electron chi connectivity index (χ4n) is 4.19. The van der Waals surface area contributed by atoms with Crippen molar-refractivity contribution in [3.63, 3.8) is 0 Å².